The largest absolute Gasteiger partial charge is 0.331 e. The molecule has 0 saturated heterocycles. The van der Waals surface area contributed by atoms with E-state index in [4.69, 9.17) is 0 Å². The van der Waals surface area contributed by atoms with Crippen LogP contribution in [0.1, 0.15) is 64.2 Å². The van der Waals surface area contributed by atoms with Gasteiger partial charge in [-0.2, -0.15) is 0 Å². The number of amides is 2. The first kappa shape index (κ1) is 13.7. The maximum atomic E-state index is 12.5. The van der Waals surface area contributed by atoms with E-state index in [2.05, 4.69) is 4.90 Å². The second-order valence-corrected chi connectivity index (χ2v) is 6.17. The normalized spacial score (nSPS) is 22.8. The molecule has 2 aliphatic carbocycles. The Kier molecular flexibility index (Phi) is 4.90. The monoisotopic (exact) mass is 252 g/mol. The molecule has 104 valence electrons. The fourth-order valence-electron chi connectivity index (χ4n) is 3.56. The average molecular weight is 252 g/mol. The van der Waals surface area contributed by atoms with Gasteiger partial charge in [-0.15, -0.1) is 0 Å². The van der Waals surface area contributed by atoms with Crippen molar-refractivity contribution in [1.82, 2.24) is 9.80 Å². The Morgan fingerprint density at radius 1 is 0.778 bits per heavy atom. The van der Waals surface area contributed by atoms with E-state index >= 15 is 0 Å². The molecule has 18 heavy (non-hydrogen) atoms. The topological polar surface area (TPSA) is 23.6 Å². The SMILES string of the molecule is CN(C)C(=O)N(C1CCCCC1)C1CCCCC1. The predicted molar refractivity (Wildman–Crippen MR) is 74.7 cm³/mol. The predicted octanol–water partition coefficient (Wildman–Crippen LogP) is 3.64. The highest BCUT2D eigenvalue weighted by Gasteiger charge is 2.33. The summed E-state index contributed by atoms with van der Waals surface area (Å²) in [6.45, 7) is 0. The molecule has 2 rings (SSSR count). The molecular formula is C15H28N2O. The maximum Gasteiger partial charge on any atom is 0.319 e. The Labute approximate surface area is 112 Å². The highest BCUT2D eigenvalue weighted by atomic mass is 16.2. The Morgan fingerprint density at radius 3 is 1.50 bits per heavy atom. The van der Waals surface area contributed by atoms with Crippen molar-refractivity contribution in [2.24, 2.45) is 0 Å². The standard InChI is InChI=1S/C15H28N2O/c1-16(2)15(18)17(13-9-5-3-6-10-13)14-11-7-4-8-12-14/h13-14H,3-12H2,1-2H3. The van der Waals surface area contributed by atoms with E-state index in [0.717, 1.165) is 0 Å². The maximum absolute atomic E-state index is 12.5. The molecule has 3 heteroatoms. The van der Waals surface area contributed by atoms with Crippen molar-refractivity contribution in [3.8, 4) is 0 Å². The molecule has 2 amide bonds. The molecule has 2 fully saturated rings. The van der Waals surface area contributed by atoms with Crippen LogP contribution in [0.5, 0.6) is 0 Å². The third-order valence-electron chi connectivity index (χ3n) is 4.54. The number of hydrogen-bond donors (Lipinski definition) is 0. The molecule has 0 N–H and O–H groups in total. The first-order valence-corrected chi connectivity index (χ1v) is 7.70. The summed E-state index contributed by atoms with van der Waals surface area (Å²) in [6, 6.07) is 1.27. The molecule has 2 aliphatic rings. The van der Waals surface area contributed by atoms with Crippen LogP contribution in [-0.2, 0) is 0 Å². The van der Waals surface area contributed by atoms with Crippen molar-refractivity contribution in [1.29, 1.82) is 0 Å². The van der Waals surface area contributed by atoms with E-state index in [1.54, 1.807) is 4.90 Å². The van der Waals surface area contributed by atoms with Gasteiger partial charge >= 0.3 is 6.03 Å². The van der Waals surface area contributed by atoms with Gasteiger partial charge in [0.2, 0.25) is 0 Å². The molecule has 0 atom stereocenters. The fraction of sp³-hybridized carbons (Fsp3) is 0.933. The zero-order chi connectivity index (χ0) is 13.0. The van der Waals surface area contributed by atoms with E-state index < -0.39 is 0 Å². The van der Waals surface area contributed by atoms with Crippen molar-refractivity contribution < 1.29 is 4.79 Å². The van der Waals surface area contributed by atoms with Gasteiger partial charge in [0, 0.05) is 26.2 Å². The summed E-state index contributed by atoms with van der Waals surface area (Å²) in [6.07, 6.45) is 12.8. The summed E-state index contributed by atoms with van der Waals surface area (Å²) in [5, 5.41) is 0. The molecule has 2 saturated carbocycles. The number of hydrogen-bond acceptors (Lipinski definition) is 1. The van der Waals surface area contributed by atoms with E-state index in [1.165, 1.54) is 64.2 Å². The van der Waals surface area contributed by atoms with Crippen LogP contribution in [0.25, 0.3) is 0 Å². The zero-order valence-electron chi connectivity index (χ0n) is 12.0. The molecular weight excluding hydrogens is 224 g/mol. The number of urea groups is 1. The molecule has 0 unspecified atom stereocenters. The van der Waals surface area contributed by atoms with Gasteiger partial charge in [-0.1, -0.05) is 38.5 Å². The lowest BCUT2D eigenvalue weighted by Crippen LogP contribution is -2.52. The second-order valence-electron chi connectivity index (χ2n) is 6.17. The van der Waals surface area contributed by atoms with Crippen molar-refractivity contribution >= 4 is 6.03 Å². The highest BCUT2D eigenvalue weighted by Crippen LogP contribution is 2.30. The Balaban J connectivity index is 2.07. The quantitative estimate of drug-likeness (QED) is 0.736. The molecule has 3 nitrogen and oxygen atoms in total. The van der Waals surface area contributed by atoms with Crippen LogP contribution < -0.4 is 0 Å². The summed E-state index contributed by atoms with van der Waals surface area (Å²) >= 11 is 0. The highest BCUT2D eigenvalue weighted by molar-refractivity contribution is 5.74. The summed E-state index contributed by atoms with van der Waals surface area (Å²) in [7, 11) is 3.78. The lowest BCUT2D eigenvalue weighted by Gasteiger charge is -2.42. The Morgan fingerprint density at radius 2 is 1.17 bits per heavy atom. The van der Waals surface area contributed by atoms with Gasteiger partial charge in [0.05, 0.1) is 0 Å². The summed E-state index contributed by atoms with van der Waals surface area (Å²) in [4.78, 5) is 16.5. The molecule has 0 spiro atoms. The van der Waals surface area contributed by atoms with Crippen LogP contribution in [0.4, 0.5) is 4.79 Å². The molecule has 0 aliphatic heterocycles. The van der Waals surface area contributed by atoms with E-state index in [-0.39, 0.29) is 6.03 Å². The third-order valence-corrected chi connectivity index (χ3v) is 4.54. The molecule has 0 radical (unpaired) electrons. The second kappa shape index (κ2) is 6.44. The summed E-state index contributed by atoms with van der Waals surface area (Å²) < 4.78 is 0. The van der Waals surface area contributed by atoms with Gasteiger partial charge in [-0.3, -0.25) is 0 Å². The van der Waals surface area contributed by atoms with Gasteiger partial charge in [-0.05, 0) is 25.7 Å². The number of carbonyl (C=O) groups is 1. The van der Waals surface area contributed by atoms with E-state index in [1.807, 2.05) is 14.1 Å². The molecule has 0 heterocycles. The molecule has 0 aromatic rings. The van der Waals surface area contributed by atoms with Crippen molar-refractivity contribution in [2.45, 2.75) is 76.3 Å². The Hall–Kier alpha value is -0.730. The van der Waals surface area contributed by atoms with E-state index in [9.17, 15) is 4.79 Å². The van der Waals surface area contributed by atoms with Crippen molar-refractivity contribution in [3.63, 3.8) is 0 Å². The van der Waals surface area contributed by atoms with Crippen LogP contribution in [0, 0.1) is 0 Å². The summed E-state index contributed by atoms with van der Waals surface area (Å²) in [5.74, 6) is 0. The fourth-order valence-corrected chi connectivity index (χ4v) is 3.56. The lowest BCUT2D eigenvalue weighted by atomic mass is 9.89. The van der Waals surface area contributed by atoms with Gasteiger partial charge in [-0.25, -0.2) is 4.79 Å². The Bertz CT molecular complexity index is 248. The lowest BCUT2D eigenvalue weighted by molar-refractivity contribution is 0.0880. The minimum Gasteiger partial charge on any atom is -0.331 e. The van der Waals surface area contributed by atoms with Crippen molar-refractivity contribution in [2.75, 3.05) is 14.1 Å². The number of nitrogens with zero attached hydrogens (tertiary/aromatic N) is 2. The van der Waals surface area contributed by atoms with Gasteiger partial charge < -0.3 is 9.80 Å². The average Bonchev–Trinajstić information content (AvgIpc) is 2.41. The first-order chi connectivity index (χ1) is 8.70. The zero-order valence-corrected chi connectivity index (χ0v) is 12.0. The minimum absolute atomic E-state index is 0.244. The third kappa shape index (κ3) is 3.18. The minimum atomic E-state index is 0.244. The van der Waals surface area contributed by atoms with Crippen LogP contribution >= 0.6 is 0 Å². The van der Waals surface area contributed by atoms with Crippen molar-refractivity contribution in [3.05, 3.63) is 0 Å². The van der Waals surface area contributed by atoms with Crippen LogP contribution in [0.2, 0.25) is 0 Å². The summed E-state index contributed by atoms with van der Waals surface area (Å²) in [5.41, 5.74) is 0. The van der Waals surface area contributed by atoms with Crippen LogP contribution in [0.3, 0.4) is 0 Å². The molecule has 0 aromatic carbocycles. The molecule has 0 aromatic heterocycles. The van der Waals surface area contributed by atoms with Gasteiger partial charge in [0.1, 0.15) is 0 Å². The molecule has 0 bridgehead atoms. The van der Waals surface area contributed by atoms with Crippen LogP contribution in [0.15, 0.2) is 0 Å². The van der Waals surface area contributed by atoms with Gasteiger partial charge in [0.25, 0.3) is 0 Å². The number of carbonyl (C=O) groups excluding carboxylic acids is 1. The smallest absolute Gasteiger partial charge is 0.319 e. The van der Waals surface area contributed by atoms with E-state index in [0.29, 0.717) is 12.1 Å². The first-order valence-electron chi connectivity index (χ1n) is 7.70. The van der Waals surface area contributed by atoms with Crippen LogP contribution in [-0.4, -0.2) is 42.0 Å². The van der Waals surface area contributed by atoms with Gasteiger partial charge in [0.15, 0.2) is 0 Å². The number of rotatable bonds is 2.